The summed E-state index contributed by atoms with van der Waals surface area (Å²) in [6.45, 7) is 4.80. The van der Waals surface area contributed by atoms with Gasteiger partial charge < -0.3 is 9.32 Å². The zero-order valence-corrected chi connectivity index (χ0v) is 40.6. The summed E-state index contributed by atoms with van der Waals surface area (Å²) in [4.78, 5) is 2.55. The number of benzene rings is 11. The largest absolute Gasteiger partial charge is 0.453 e. The number of hydrogen-bond donors (Lipinski definition) is 0. The third-order valence-electron chi connectivity index (χ3n) is 18.2. The molecule has 0 bridgehead atoms. The highest BCUT2D eigenvalue weighted by Gasteiger charge is 2.52. The normalized spacial score (nSPS) is 16.0. The molecule has 2 nitrogen and oxygen atoms in total. The minimum absolute atomic E-state index is 0.220. The maximum absolute atomic E-state index is 7.83. The van der Waals surface area contributed by atoms with Crippen LogP contribution in [0.2, 0.25) is 0 Å². The van der Waals surface area contributed by atoms with E-state index in [2.05, 4.69) is 243 Å². The molecular formula is C71H47NO. The van der Waals surface area contributed by atoms with Gasteiger partial charge in [-0.15, -0.1) is 0 Å². The van der Waals surface area contributed by atoms with Gasteiger partial charge in [0.05, 0.1) is 27.9 Å². The third kappa shape index (κ3) is 4.68. The summed E-state index contributed by atoms with van der Waals surface area (Å²) < 4.78 is 7.83. The average Bonchev–Trinajstić information content (AvgIpc) is 4.20. The van der Waals surface area contributed by atoms with Gasteiger partial charge in [0.1, 0.15) is 5.58 Å². The van der Waals surface area contributed by atoms with Gasteiger partial charge >= 0.3 is 0 Å². The predicted molar refractivity (Wildman–Crippen MR) is 299 cm³/mol. The van der Waals surface area contributed by atoms with Gasteiger partial charge in [0.25, 0.3) is 0 Å². The minimum Gasteiger partial charge on any atom is -0.453 e. The lowest BCUT2D eigenvalue weighted by molar-refractivity contribution is 0.657. The van der Waals surface area contributed by atoms with E-state index in [1.807, 2.05) is 0 Å². The van der Waals surface area contributed by atoms with Crippen LogP contribution in [0.1, 0.15) is 80.6 Å². The second-order valence-electron chi connectivity index (χ2n) is 21.7. The summed E-state index contributed by atoms with van der Waals surface area (Å²) in [6, 6.07) is 85.4. The fourth-order valence-electron chi connectivity index (χ4n) is 15.3. The summed E-state index contributed by atoms with van der Waals surface area (Å²) in [5.41, 5.74) is 27.4. The van der Waals surface area contributed by atoms with Crippen molar-refractivity contribution in [3.05, 3.63) is 291 Å². The number of anilines is 3. The maximum Gasteiger partial charge on any atom is 0.159 e. The molecule has 1 spiro atoms. The van der Waals surface area contributed by atoms with Crippen LogP contribution in [-0.2, 0) is 29.1 Å². The van der Waals surface area contributed by atoms with Crippen LogP contribution in [0.5, 0.6) is 0 Å². The highest BCUT2D eigenvalue weighted by molar-refractivity contribution is 6.19. The molecule has 12 aromatic rings. The molecule has 342 valence electrons. The van der Waals surface area contributed by atoms with Gasteiger partial charge in [-0.2, -0.15) is 0 Å². The quantitative estimate of drug-likeness (QED) is 0.176. The Morgan fingerprint density at radius 2 is 0.904 bits per heavy atom. The Bertz CT molecular complexity index is 4320. The van der Waals surface area contributed by atoms with Crippen LogP contribution in [0, 0.1) is 0 Å². The number of hydrogen-bond acceptors (Lipinski definition) is 2. The highest BCUT2D eigenvalue weighted by atomic mass is 16.3. The lowest BCUT2D eigenvalue weighted by Crippen LogP contribution is -2.38. The first-order valence-corrected chi connectivity index (χ1v) is 26.0. The molecule has 0 atom stereocenters. The molecule has 2 heterocycles. The van der Waals surface area contributed by atoms with E-state index in [-0.39, 0.29) is 5.41 Å². The van der Waals surface area contributed by atoms with Gasteiger partial charge in [-0.1, -0.05) is 214 Å². The Labute approximate surface area is 424 Å². The van der Waals surface area contributed by atoms with Gasteiger partial charge in [-0.25, -0.2) is 0 Å². The first-order valence-electron chi connectivity index (χ1n) is 26.0. The molecular weight excluding hydrogens is 883 g/mol. The van der Waals surface area contributed by atoms with Crippen LogP contribution in [0.15, 0.2) is 229 Å². The second-order valence-corrected chi connectivity index (χ2v) is 21.7. The zero-order valence-electron chi connectivity index (χ0n) is 40.6. The van der Waals surface area contributed by atoms with E-state index >= 15 is 0 Å². The first-order chi connectivity index (χ1) is 36.0. The molecule has 2 heteroatoms. The number of aryl methyl sites for hydroxylation is 2. The van der Waals surface area contributed by atoms with Crippen LogP contribution in [-0.4, -0.2) is 0 Å². The molecule has 5 aliphatic rings. The van der Waals surface area contributed by atoms with Crippen LogP contribution < -0.4 is 4.90 Å². The van der Waals surface area contributed by atoms with E-state index in [9.17, 15) is 0 Å². The molecule has 17 rings (SSSR count). The van der Waals surface area contributed by atoms with Crippen LogP contribution in [0.3, 0.4) is 0 Å². The van der Waals surface area contributed by atoms with E-state index in [1.54, 1.807) is 0 Å². The average molecular weight is 930 g/mol. The van der Waals surface area contributed by atoms with Crippen molar-refractivity contribution in [3.8, 4) is 33.4 Å². The molecule has 0 unspecified atom stereocenters. The summed E-state index contributed by atoms with van der Waals surface area (Å²) in [5, 5.41) is 5.07. The molecule has 1 aliphatic heterocycles. The second kappa shape index (κ2) is 13.8. The van der Waals surface area contributed by atoms with E-state index in [0.717, 1.165) is 51.8 Å². The Morgan fingerprint density at radius 3 is 1.60 bits per heavy atom. The highest BCUT2D eigenvalue weighted by Crippen LogP contribution is 2.65. The van der Waals surface area contributed by atoms with Crippen molar-refractivity contribution >= 4 is 49.8 Å². The lowest BCUT2D eigenvalue weighted by Gasteiger charge is -2.47. The number of nitrogens with zero attached hydrogens (tertiary/aromatic N) is 1. The van der Waals surface area contributed by atoms with E-state index < -0.39 is 10.8 Å². The Kier molecular flexibility index (Phi) is 7.56. The summed E-state index contributed by atoms with van der Waals surface area (Å²) in [6.07, 6.45) is 2.14. The van der Waals surface area contributed by atoms with Gasteiger partial charge in [0, 0.05) is 21.8 Å². The van der Waals surface area contributed by atoms with Crippen molar-refractivity contribution in [1.29, 1.82) is 0 Å². The van der Waals surface area contributed by atoms with Crippen molar-refractivity contribution < 1.29 is 4.42 Å². The van der Waals surface area contributed by atoms with Crippen molar-refractivity contribution in [2.24, 2.45) is 0 Å². The van der Waals surface area contributed by atoms with Gasteiger partial charge in [-0.3, -0.25) is 0 Å². The van der Waals surface area contributed by atoms with Crippen molar-refractivity contribution in [1.82, 2.24) is 0 Å². The SMILES string of the molecule is CC1(C)c2ccccc2-c2cc3c(cc21)N(c1cccc2c1oc1c4c(ccc12)C1(c2ccccc2-c2ccccc21)c1ccc2c5c(ccc-4c15)CC2)c1ccccc1C3(c1ccccc1)c1ccccc1. The first kappa shape index (κ1) is 39.9. The van der Waals surface area contributed by atoms with Crippen molar-refractivity contribution in [3.63, 3.8) is 0 Å². The third-order valence-corrected chi connectivity index (χ3v) is 18.2. The Hall–Kier alpha value is -8.72. The van der Waals surface area contributed by atoms with E-state index in [4.69, 9.17) is 4.42 Å². The molecule has 0 N–H and O–H groups in total. The van der Waals surface area contributed by atoms with Crippen LogP contribution in [0.25, 0.3) is 66.1 Å². The van der Waals surface area contributed by atoms with E-state index in [1.165, 1.54) is 111 Å². The van der Waals surface area contributed by atoms with Gasteiger partial charge in [0.2, 0.25) is 0 Å². The van der Waals surface area contributed by atoms with Crippen molar-refractivity contribution in [2.75, 3.05) is 4.90 Å². The van der Waals surface area contributed by atoms with Gasteiger partial charge in [-0.05, 0) is 142 Å². The summed E-state index contributed by atoms with van der Waals surface area (Å²) >= 11 is 0. The standard InChI is InChI=1S/C71H47NO/c1-69(2)53-26-12-9-24-48(53)52-40-60-63(41-59(52)69)72(61-30-16-15-29-56(61)70(60,44-18-5-3-6-19-44)45-20-7-4-8-21-45)62-31-17-25-49-50-37-39-58-66(68(50)73-67(49)62)51-36-34-42-32-33-43-35-38-57(65(51)64(42)43)71(58)54-27-13-10-22-46(54)47-23-11-14-28-55(47)71/h3-31,34-41H,32-33H2,1-2H3. The monoisotopic (exact) mass is 929 g/mol. The molecule has 0 fully saturated rings. The molecule has 1 aromatic heterocycles. The molecule has 11 aromatic carbocycles. The Morgan fingerprint density at radius 1 is 0.342 bits per heavy atom. The van der Waals surface area contributed by atoms with Gasteiger partial charge in [0.15, 0.2) is 5.58 Å². The minimum atomic E-state index is -0.641. The zero-order chi connectivity index (χ0) is 48.0. The van der Waals surface area contributed by atoms with E-state index in [0.29, 0.717) is 0 Å². The maximum atomic E-state index is 7.83. The Balaban J connectivity index is 0.997. The van der Waals surface area contributed by atoms with Crippen LogP contribution in [0.4, 0.5) is 17.1 Å². The fraction of sp³-hybridized carbons (Fsp3) is 0.0986. The van der Waals surface area contributed by atoms with Crippen molar-refractivity contribution in [2.45, 2.75) is 42.9 Å². The fourth-order valence-corrected chi connectivity index (χ4v) is 15.3. The number of furan rings is 1. The number of rotatable bonds is 3. The number of para-hydroxylation sites is 2. The topological polar surface area (TPSA) is 16.4 Å². The number of fused-ring (bicyclic) bond motifs is 18. The molecule has 0 saturated heterocycles. The predicted octanol–water partition coefficient (Wildman–Crippen LogP) is 17.7. The molecule has 4 aliphatic carbocycles. The summed E-state index contributed by atoms with van der Waals surface area (Å²) in [7, 11) is 0. The lowest BCUT2D eigenvalue weighted by atomic mass is 9.61. The molecule has 0 amide bonds. The smallest absolute Gasteiger partial charge is 0.159 e. The molecule has 0 saturated carbocycles. The molecule has 73 heavy (non-hydrogen) atoms. The molecule has 0 radical (unpaired) electrons. The summed E-state index contributed by atoms with van der Waals surface area (Å²) in [5.74, 6) is 0. The van der Waals surface area contributed by atoms with Crippen LogP contribution >= 0.6 is 0 Å².